The molecule has 0 saturated carbocycles. The second-order valence-corrected chi connectivity index (χ2v) is 4.16. The maximum absolute atomic E-state index is 11.1. The molecule has 0 heterocycles. The van der Waals surface area contributed by atoms with Crippen molar-refractivity contribution < 1.29 is 4.79 Å². The predicted octanol–water partition coefficient (Wildman–Crippen LogP) is 1.91. The van der Waals surface area contributed by atoms with Crippen molar-refractivity contribution in [2.45, 2.75) is 39.3 Å². The summed E-state index contributed by atoms with van der Waals surface area (Å²) in [6.07, 6.45) is 0.714. The van der Waals surface area contributed by atoms with Gasteiger partial charge in [-0.2, -0.15) is 0 Å². The van der Waals surface area contributed by atoms with Gasteiger partial charge in [-0.3, -0.25) is 10.1 Å². The van der Waals surface area contributed by atoms with E-state index in [2.05, 4.69) is 36.5 Å². The predicted molar refractivity (Wildman–Crippen MR) is 66.0 cm³/mol. The van der Waals surface area contributed by atoms with Crippen LogP contribution in [0.1, 0.15) is 37.4 Å². The van der Waals surface area contributed by atoms with E-state index in [1.165, 1.54) is 11.1 Å². The summed E-state index contributed by atoms with van der Waals surface area (Å²) in [6.45, 7) is 6.04. The van der Waals surface area contributed by atoms with E-state index in [1.54, 1.807) is 0 Å². The van der Waals surface area contributed by atoms with Gasteiger partial charge in [-0.25, -0.2) is 0 Å². The third kappa shape index (κ3) is 3.35. The molecule has 0 spiro atoms. The van der Waals surface area contributed by atoms with Crippen molar-refractivity contribution in [1.29, 1.82) is 0 Å². The fourth-order valence-corrected chi connectivity index (χ4v) is 1.65. The number of nitrogens with one attached hydrogen (secondary N) is 1. The molecule has 0 bridgehead atoms. The Morgan fingerprint density at radius 1 is 1.38 bits per heavy atom. The minimum absolute atomic E-state index is 0.137. The van der Waals surface area contributed by atoms with Crippen molar-refractivity contribution in [2.75, 3.05) is 0 Å². The number of carbonyl (C=O) groups excluding carboxylic acids is 1. The number of hydrogen-bond donors (Lipinski definition) is 2. The molecule has 16 heavy (non-hydrogen) atoms. The lowest BCUT2D eigenvalue weighted by Crippen LogP contribution is -2.41. The molecule has 1 amide bonds. The van der Waals surface area contributed by atoms with E-state index in [4.69, 9.17) is 5.73 Å². The average Bonchev–Trinajstić information content (AvgIpc) is 2.26. The van der Waals surface area contributed by atoms with Crippen LogP contribution in [0.2, 0.25) is 0 Å². The lowest BCUT2D eigenvalue weighted by molar-refractivity contribution is -0.120. The minimum Gasteiger partial charge on any atom is -0.368 e. The van der Waals surface area contributed by atoms with E-state index >= 15 is 0 Å². The molecule has 1 aromatic rings. The van der Waals surface area contributed by atoms with Crippen LogP contribution in [0.5, 0.6) is 0 Å². The summed E-state index contributed by atoms with van der Waals surface area (Å²) in [7, 11) is 0. The van der Waals surface area contributed by atoms with E-state index < -0.39 is 0 Å². The zero-order valence-electron chi connectivity index (χ0n) is 10.2. The Kier molecular flexibility index (Phi) is 4.50. The number of carbonyl (C=O) groups is 1. The molecule has 0 fully saturated rings. The van der Waals surface area contributed by atoms with Crippen LogP contribution >= 0.6 is 0 Å². The number of primary amides is 1. The molecule has 0 aliphatic carbocycles. The third-order valence-electron chi connectivity index (χ3n) is 2.78. The van der Waals surface area contributed by atoms with Crippen LogP contribution in [0, 0.1) is 6.92 Å². The molecule has 2 atom stereocenters. The first kappa shape index (κ1) is 12.7. The minimum atomic E-state index is -0.290. The molecule has 3 N–H and O–H groups in total. The molecule has 0 radical (unpaired) electrons. The van der Waals surface area contributed by atoms with Crippen molar-refractivity contribution in [3.8, 4) is 0 Å². The lowest BCUT2D eigenvalue weighted by atomic mass is 10.0. The van der Waals surface area contributed by atoms with Gasteiger partial charge in [0.05, 0.1) is 6.04 Å². The molecule has 1 aromatic carbocycles. The topological polar surface area (TPSA) is 55.1 Å². The first-order valence-corrected chi connectivity index (χ1v) is 5.66. The average molecular weight is 220 g/mol. The fourth-order valence-electron chi connectivity index (χ4n) is 1.65. The number of rotatable bonds is 5. The summed E-state index contributed by atoms with van der Waals surface area (Å²) >= 11 is 0. The Morgan fingerprint density at radius 3 is 2.38 bits per heavy atom. The number of amides is 1. The standard InChI is InChI=1S/C13H20N2O/c1-4-12(13(14)16)15-10(3)11-7-5-9(2)6-8-11/h5-8,10,12,15H,4H2,1-3H3,(H2,14,16). The Balaban J connectivity index is 2.67. The quantitative estimate of drug-likeness (QED) is 0.796. The summed E-state index contributed by atoms with van der Waals surface area (Å²) in [4.78, 5) is 11.1. The highest BCUT2D eigenvalue weighted by Gasteiger charge is 2.15. The Labute approximate surface area is 97.0 Å². The van der Waals surface area contributed by atoms with Gasteiger partial charge in [-0.05, 0) is 25.8 Å². The third-order valence-corrected chi connectivity index (χ3v) is 2.78. The molecule has 3 nitrogen and oxygen atoms in total. The molecule has 2 unspecified atom stereocenters. The summed E-state index contributed by atoms with van der Waals surface area (Å²) < 4.78 is 0. The van der Waals surface area contributed by atoms with Crippen molar-refractivity contribution >= 4 is 5.91 Å². The number of benzene rings is 1. The molecule has 88 valence electrons. The largest absolute Gasteiger partial charge is 0.368 e. The Hall–Kier alpha value is -1.35. The highest BCUT2D eigenvalue weighted by Crippen LogP contribution is 2.14. The summed E-state index contributed by atoms with van der Waals surface area (Å²) in [5.74, 6) is -0.290. The Bertz CT molecular complexity index is 345. The molecule has 0 saturated heterocycles. The van der Waals surface area contributed by atoms with Crippen LogP contribution < -0.4 is 11.1 Å². The van der Waals surface area contributed by atoms with Gasteiger partial charge in [-0.1, -0.05) is 36.8 Å². The van der Waals surface area contributed by atoms with Crippen LogP contribution in [0.3, 0.4) is 0 Å². The van der Waals surface area contributed by atoms with Crippen molar-refractivity contribution in [2.24, 2.45) is 5.73 Å². The lowest BCUT2D eigenvalue weighted by Gasteiger charge is -2.20. The summed E-state index contributed by atoms with van der Waals surface area (Å²) in [5, 5.41) is 3.23. The zero-order chi connectivity index (χ0) is 12.1. The van der Waals surface area contributed by atoms with E-state index in [9.17, 15) is 4.79 Å². The number of aryl methyl sites for hydroxylation is 1. The van der Waals surface area contributed by atoms with Crippen LogP contribution in [-0.4, -0.2) is 11.9 Å². The SMILES string of the molecule is CCC(NC(C)c1ccc(C)cc1)C(N)=O. The number of nitrogens with two attached hydrogens (primary N) is 1. The van der Waals surface area contributed by atoms with Gasteiger partial charge in [-0.15, -0.1) is 0 Å². The van der Waals surface area contributed by atoms with E-state index in [0.717, 1.165) is 0 Å². The molecule has 0 aliphatic rings. The van der Waals surface area contributed by atoms with Gasteiger partial charge < -0.3 is 5.73 Å². The molecule has 0 aromatic heterocycles. The van der Waals surface area contributed by atoms with E-state index in [-0.39, 0.29) is 18.0 Å². The van der Waals surface area contributed by atoms with Gasteiger partial charge in [0, 0.05) is 6.04 Å². The second-order valence-electron chi connectivity index (χ2n) is 4.16. The Morgan fingerprint density at radius 2 is 1.94 bits per heavy atom. The molecule has 3 heteroatoms. The summed E-state index contributed by atoms with van der Waals surface area (Å²) in [6, 6.07) is 8.16. The van der Waals surface area contributed by atoms with Crippen LogP contribution in [0.15, 0.2) is 24.3 Å². The monoisotopic (exact) mass is 220 g/mol. The highest BCUT2D eigenvalue weighted by molar-refractivity contribution is 5.79. The van der Waals surface area contributed by atoms with Gasteiger partial charge in [0.1, 0.15) is 0 Å². The fraction of sp³-hybridized carbons (Fsp3) is 0.462. The van der Waals surface area contributed by atoms with Gasteiger partial charge in [0.2, 0.25) is 5.91 Å². The van der Waals surface area contributed by atoms with E-state index in [0.29, 0.717) is 6.42 Å². The van der Waals surface area contributed by atoms with Crippen LogP contribution in [0.25, 0.3) is 0 Å². The van der Waals surface area contributed by atoms with Gasteiger partial charge in [0.25, 0.3) is 0 Å². The van der Waals surface area contributed by atoms with Crippen molar-refractivity contribution in [3.05, 3.63) is 35.4 Å². The van der Waals surface area contributed by atoms with Gasteiger partial charge >= 0.3 is 0 Å². The smallest absolute Gasteiger partial charge is 0.234 e. The molecular formula is C13H20N2O. The van der Waals surface area contributed by atoms with Crippen LogP contribution in [0.4, 0.5) is 0 Å². The highest BCUT2D eigenvalue weighted by atomic mass is 16.1. The molecule has 0 aliphatic heterocycles. The second kappa shape index (κ2) is 5.66. The maximum atomic E-state index is 11.1. The normalized spacial score (nSPS) is 14.4. The molecular weight excluding hydrogens is 200 g/mol. The van der Waals surface area contributed by atoms with Crippen LogP contribution in [-0.2, 0) is 4.79 Å². The van der Waals surface area contributed by atoms with Crippen molar-refractivity contribution in [3.63, 3.8) is 0 Å². The van der Waals surface area contributed by atoms with E-state index in [1.807, 2.05) is 13.8 Å². The first-order valence-electron chi connectivity index (χ1n) is 5.66. The summed E-state index contributed by atoms with van der Waals surface area (Å²) in [5.41, 5.74) is 7.70. The zero-order valence-corrected chi connectivity index (χ0v) is 10.2. The number of hydrogen-bond acceptors (Lipinski definition) is 2. The maximum Gasteiger partial charge on any atom is 0.234 e. The van der Waals surface area contributed by atoms with Gasteiger partial charge in [0.15, 0.2) is 0 Å². The first-order chi connectivity index (χ1) is 7.54. The van der Waals surface area contributed by atoms with Crippen molar-refractivity contribution in [1.82, 2.24) is 5.32 Å². The molecule has 1 rings (SSSR count).